The number of benzene rings is 1. The van der Waals surface area contributed by atoms with Gasteiger partial charge in [0.05, 0.1) is 6.42 Å². The molecule has 0 atom stereocenters. The highest BCUT2D eigenvalue weighted by atomic mass is 19.2. The molecule has 0 aliphatic carbocycles. The molecule has 0 radical (unpaired) electrons. The maximum atomic E-state index is 13.2. The lowest BCUT2D eigenvalue weighted by atomic mass is 10.0. The van der Waals surface area contributed by atoms with Gasteiger partial charge in [0.25, 0.3) is 0 Å². The summed E-state index contributed by atoms with van der Waals surface area (Å²) in [5.74, 6) is -2.91. The van der Waals surface area contributed by atoms with Crippen LogP contribution in [0.15, 0.2) is 17.7 Å². The molecule has 17 heavy (non-hydrogen) atoms. The molecule has 2 N–H and O–H groups in total. The van der Waals surface area contributed by atoms with Gasteiger partial charge in [0.1, 0.15) is 11.8 Å². The van der Waals surface area contributed by atoms with Gasteiger partial charge in [-0.05, 0) is 11.6 Å². The predicted octanol–water partition coefficient (Wildman–Crippen LogP) is 1.28. The number of hydrogen-bond donors (Lipinski definition) is 1. The van der Waals surface area contributed by atoms with Crippen LogP contribution in [-0.2, 0) is 16.0 Å². The van der Waals surface area contributed by atoms with Crippen LogP contribution in [0, 0.1) is 17.5 Å². The van der Waals surface area contributed by atoms with Gasteiger partial charge in [-0.15, -0.1) is 0 Å². The Hall–Kier alpha value is -2.07. The van der Waals surface area contributed by atoms with E-state index >= 15 is 0 Å². The summed E-state index contributed by atoms with van der Waals surface area (Å²) < 4.78 is 38.6. The maximum Gasteiger partial charge on any atom is 0.222 e. The molecular weight excluding hydrogens is 235 g/mol. The first-order valence-electron chi connectivity index (χ1n) is 4.58. The van der Waals surface area contributed by atoms with Crippen molar-refractivity contribution in [3.8, 4) is 0 Å². The van der Waals surface area contributed by atoms with Crippen LogP contribution in [-0.4, -0.2) is 11.8 Å². The second-order valence-corrected chi connectivity index (χ2v) is 3.38. The summed E-state index contributed by atoms with van der Waals surface area (Å²) in [5.41, 5.74) is 4.49. The zero-order chi connectivity index (χ0) is 13.0. The molecule has 1 rings (SSSR count). The molecule has 0 spiro atoms. The first-order chi connectivity index (χ1) is 7.93. The Morgan fingerprint density at radius 2 is 1.76 bits per heavy atom. The van der Waals surface area contributed by atoms with E-state index in [9.17, 15) is 22.8 Å². The number of amides is 1. The molecule has 0 bridgehead atoms. The van der Waals surface area contributed by atoms with Crippen molar-refractivity contribution in [2.45, 2.75) is 12.8 Å². The molecule has 1 aromatic rings. The van der Waals surface area contributed by atoms with E-state index in [1.807, 2.05) is 0 Å². The molecule has 90 valence electrons. The zero-order valence-corrected chi connectivity index (χ0v) is 8.60. The lowest BCUT2D eigenvalue weighted by Gasteiger charge is -2.04. The van der Waals surface area contributed by atoms with Crippen molar-refractivity contribution in [1.29, 1.82) is 0 Å². The first-order valence-corrected chi connectivity index (χ1v) is 4.58. The van der Waals surface area contributed by atoms with Gasteiger partial charge < -0.3 is 5.73 Å². The van der Waals surface area contributed by atoms with E-state index in [-0.39, 0.29) is 17.6 Å². The fourth-order valence-electron chi connectivity index (χ4n) is 1.27. The van der Waals surface area contributed by atoms with Crippen LogP contribution < -0.4 is 5.73 Å². The molecule has 1 amide bonds. The minimum absolute atomic E-state index is 0.123. The second kappa shape index (κ2) is 5.32. The number of primary amides is 1. The van der Waals surface area contributed by atoms with Crippen molar-refractivity contribution >= 4 is 11.8 Å². The predicted molar refractivity (Wildman–Crippen MR) is 53.0 cm³/mol. The molecule has 0 unspecified atom stereocenters. The molecule has 3 nitrogen and oxygen atoms in total. The van der Waals surface area contributed by atoms with E-state index in [0.717, 1.165) is 0 Å². The first kappa shape index (κ1) is 13.0. The Kier molecular flexibility index (Phi) is 4.06. The molecule has 0 fully saturated rings. The highest BCUT2D eigenvalue weighted by Gasteiger charge is 2.13. The van der Waals surface area contributed by atoms with Crippen molar-refractivity contribution in [2.75, 3.05) is 0 Å². The van der Waals surface area contributed by atoms with Gasteiger partial charge in [-0.2, -0.15) is 0 Å². The molecular formula is C11H8F3NO2. The van der Waals surface area contributed by atoms with Crippen molar-refractivity contribution < 1.29 is 22.8 Å². The summed E-state index contributed by atoms with van der Waals surface area (Å²) in [6, 6.07) is 1.00. The van der Waals surface area contributed by atoms with Crippen molar-refractivity contribution in [3.63, 3.8) is 0 Å². The lowest BCUT2D eigenvalue weighted by Crippen LogP contribution is -2.13. The minimum atomic E-state index is -1.32. The second-order valence-electron chi connectivity index (χ2n) is 3.38. The molecule has 0 saturated carbocycles. The summed E-state index contributed by atoms with van der Waals surface area (Å²) >= 11 is 0. The maximum absolute atomic E-state index is 13.2. The smallest absolute Gasteiger partial charge is 0.222 e. The molecule has 6 heteroatoms. The zero-order valence-electron chi connectivity index (χ0n) is 8.60. The van der Waals surface area contributed by atoms with Crippen LogP contribution in [0.3, 0.4) is 0 Å². The number of halogens is 3. The molecule has 0 aromatic heterocycles. The number of hydrogen-bond acceptors (Lipinski definition) is 2. The van der Waals surface area contributed by atoms with Crippen LogP contribution in [0.4, 0.5) is 13.2 Å². The van der Waals surface area contributed by atoms with E-state index in [4.69, 9.17) is 5.73 Å². The quantitative estimate of drug-likeness (QED) is 0.639. The third kappa shape index (κ3) is 3.46. The number of carbonyl (C=O) groups excluding carboxylic acids is 2. The SMILES string of the molecule is NC(=O)CC(=C=O)Cc1cc(F)c(F)cc1F. The lowest BCUT2D eigenvalue weighted by molar-refractivity contribution is -0.117. The molecule has 1 aromatic carbocycles. The van der Waals surface area contributed by atoms with Gasteiger partial charge in [-0.1, -0.05) is 0 Å². The van der Waals surface area contributed by atoms with E-state index in [2.05, 4.69) is 0 Å². The Morgan fingerprint density at radius 3 is 2.29 bits per heavy atom. The van der Waals surface area contributed by atoms with Crippen LogP contribution >= 0.6 is 0 Å². The normalized spacial score (nSPS) is 9.82. The van der Waals surface area contributed by atoms with Gasteiger partial charge in [0.2, 0.25) is 5.91 Å². The van der Waals surface area contributed by atoms with Crippen molar-refractivity contribution in [2.24, 2.45) is 5.73 Å². The largest absolute Gasteiger partial charge is 0.369 e. The van der Waals surface area contributed by atoms with Gasteiger partial charge in [0.15, 0.2) is 11.6 Å². The van der Waals surface area contributed by atoms with Crippen LogP contribution in [0.2, 0.25) is 0 Å². The average molecular weight is 243 g/mol. The van der Waals surface area contributed by atoms with E-state index in [0.29, 0.717) is 12.1 Å². The molecule has 0 aliphatic heterocycles. The Morgan fingerprint density at radius 1 is 1.18 bits per heavy atom. The van der Waals surface area contributed by atoms with Crippen molar-refractivity contribution in [1.82, 2.24) is 0 Å². The minimum Gasteiger partial charge on any atom is -0.369 e. The van der Waals surface area contributed by atoms with Gasteiger partial charge in [0, 0.05) is 18.1 Å². The van der Waals surface area contributed by atoms with Crippen molar-refractivity contribution in [3.05, 3.63) is 40.7 Å². The summed E-state index contributed by atoms with van der Waals surface area (Å²) in [6.45, 7) is 0. The van der Waals surface area contributed by atoms with Gasteiger partial charge >= 0.3 is 0 Å². The monoisotopic (exact) mass is 243 g/mol. The Labute approximate surface area is 94.7 Å². The van der Waals surface area contributed by atoms with Crippen LogP contribution in [0.1, 0.15) is 12.0 Å². The summed E-state index contributed by atoms with van der Waals surface area (Å²) in [4.78, 5) is 21.0. The summed E-state index contributed by atoms with van der Waals surface area (Å²) in [5, 5.41) is 0. The van der Waals surface area contributed by atoms with E-state index in [1.165, 1.54) is 5.94 Å². The van der Waals surface area contributed by atoms with Gasteiger partial charge in [-0.25, -0.2) is 18.0 Å². The van der Waals surface area contributed by atoms with Crippen LogP contribution in [0.25, 0.3) is 0 Å². The average Bonchev–Trinajstić information content (AvgIpc) is 2.24. The molecule has 0 heterocycles. The highest BCUT2D eigenvalue weighted by Crippen LogP contribution is 2.17. The summed E-state index contributed by atoms with van der Waals surface area (Å²) in [6.07, 6.45) is -0.739. The number of carbonyl (C=O) groups is 1. The Balaban J connectivity index is 2.98. The molecule has 0 aliphatic rings. The number of nitrogens with two attached hydrogens (primary N) is 1. The van der Waals surface area contributed by atoms with E-state index in [1.54, 1.807) is 0 Å². The third-order valence-corrected chi connectivity index (χ3v) is 2.03. The van der Waals surface area contributed by atoms with E-state index < -0.39 is 29.8 Å². The van der Waals surface area contributed by atoms with Crippen LogP contribution in [0.5, 0.6) is 0 Å². The summed E-state index contributed by atoms with van der Waals surface area (Å²) in [7, 11) is 0. The highest BCUT2D eigenvalue weighted by molar-refractivity contribution is 5.79. The standard InChI is InChI=1S/C11H8F3NO2/c12-8-4-10(14)9(13)3-7(8)1-6(5-16)2-11(15)17/h3-4H,1-2H2,(H2,15,17). The topological polar surface area (TPSA) is 60.2 Å². The Bertz CT molecular complexity index is 508. The fourth-order valence-corrected chi connectivity index (χ4v) is 1.27. The number of rotatable bonds is 4. The molecule has 0 saturated heterocycles. The third-order valence-electron chi connectivity index (χ3n) is 2.03. The van der Waals surface area contributed by atoms with Gasteiger partial charge in [-0.3, -0.25) is 4.79 Å². The fraction of sp³-hybridized carbons (Fsp3) is 0.182.